The van der Waals surface area contributed by atoms with E-state index in [1.54, 1.807) is 7.11 Å². The molecule has 0 atom stereocenters. The highest BCUT2D eigenvalue weighted by Gasteiger charge is 2.06. The predicted molar refractivity (Wildman–Crippen MR) is 53.1 cm³/mol. The summed E-state index contributed by atoms with van der Waals surface area (Å²) in [5, 5.41) is 1.64. The summed E-state index contributed by atoms with van der Waals surface area (Å²) in [4.78, 5) is 0. The summed E-state index contributed by atoms with van der Waals surface area (Å²) in [7, 11) is 1.63. The van der Waals surface area contributed by atoms with Crippen molar-refractivity contribution in [3.8, 4) is 10.1 Å². The van der Waals surface area contributed by atoms with Crippen molar-refractivity contribution in [1.82, 2.24) is 0 Å². The van der Waals surface area contributed by atoms with Gasteiger partial charge in [-0.05, 0) is 15.9 Å². The standard InChI is InChI=1S/C7H10BrNO2S/c1-10-7-5(8)4-6(12-7)11-3-2-9/h4H,2-3,9H2,1H3. The number of methoxy groups -OCH3 is 1. The van der Waals surface area contributed by atoms with E-state index in [9.17, 15) is 0 Å². The third kappa shape index (κ3) is 2.36. The Bertz CT molecular complexity index is 252. The molecule has 1 aromatic heterocycles. The minimum absolute atomic E-state index is 0.526. The first-order valence-electron chi connectivity index (χ1n) is 3.44. The molecule has 1 heterocycles. The maximum absolute atomic E-state index is 5.30. The molecule has 0 spiro atoms. The van der Waals surface area contributed by atoms with E-state index in [1.807, 2.05) is 6.07 Å². The summed E-state index contributed by atoms with van der Waals surface area (Å²) in [6.07, 6.45) is 0. The highest BCUT2D eigenvalue weighted by atomic mass is 79.9. The van der Waals surface area contributed by atoms with Gasteiger partial charge in [0, 0.05) is 12.6 Å². The van der Waals surface area contributed by atoms with E-state index >= 15 is 0 Å². The SMILES string of the molecule is COc1sc(OCCN)cc1Br. The van der Waals surface area contributed by atoms with Crippen LogP contribution in [0.3, 0.4) is 0 Å². The van der Waals surface area contributed by atoms with E-state index < -0.39 is 0 Å². The summed E-state index contributed by atoms with van der Waals surface area (Å²) >= 11 is 4.80. The van der Waals surface area contributed by atoms with Gasteiger partial charge in [0.25, 0.3) is 0 Å². The largest absolute Gasteiger partial charge is 0.486 e. The maximum atomic E-state index is 5.30. The third-order valence-corrected chi connectivity index (χ3v) is 3.04. The van der Waals surface area contributed by atoms with Gasteiger partial charge in [-0.15, -0.1) is 0 Å². The average Bonchev–Trinajstić information content (AvgIpc) is 2.43. The third-order valence-electron chi connectivity index (χ3n) is 1.18. The zero-order valence-electron chi connectivity index (χ0n) is 6.67. The molecule has 0 unspecified atom stereocenters. The number of thiophene rings is 1. The molecule has 68 valence electrons. The first kappa shape index (κ1) is 9.83. The van der Waals surface area contributed by atoms with E-state index in [0.717, 1.165) is 14.6 Å². The second kappa shape index (κ2) is 4.69. The van der Waals surface area contributed by atoms with E-state index in [-0.39, 0.29) is 0 Å². The summed E-state index contributed by atoms with van der Waals surface area (Å²) in [6, 6.07) is 1.87. The molecule has 1 aromatic rings. The molecule has 0 aromatic carbocycles. The van der Waals surface area contributed by atoms with Gasteiger partial charge in [-0.1, -0.05) is 11.3 Å². The van der Waals surface area contributed by atoms with Crippen LogP contribution in [0.25, 0.3) is 0 Å². The second-order valence-corrected chi connectivity index (χ2v) is 3.87. The lowest BCUT2D eigenvalue weighted by molar-refractivity contribution is 0.338. The Labute approximate surface area is 83.6 Å². The molecule has 0 saturated heterocycles. The monoisotopic (exact) mass is 251 g/mol. The maximum Gasteiger partial charge on any atom is 0.191 e. The molecular weight excluding hydrogens is 242 g/mol. The average molecular weight is 252 g/mol. The summed E-state index contributed by atoms with van der Waals surface area (Å²) in [5.74, 6) is 0. The van der Waals surface area contributed by atoms with Crippen LogP contribution in [0.5, 0.6) is 10.1 Å². The Hall–Kier alpha value is -0.260. The molecule has 0 amide bonds. The van der Waals surface area contributed by atoms with Crippen LogP contribution in [-0.4, -0.2) is 20.3 Å². The number of hydrogen-bond acceptors (Lipinski definition) is 4. The summed E-state index contributed by atoms with van der Waals surface area (Å²) in [5.41, 5.74) is 5.29. The predicted octanol–water partition coefficient (Wildman–Crippen LogP) is 1.86. The van der Waals surface area contributed by atoms with Crippen molar-refractivity contribution in [3.05, 3.63) is 10.5 Å². The van der Waals surface area contributed by atoms with Crippen molar-refractivity contribution < 1.29 is 9.47 Å². The Kier molecular flexibility index (Phi) is 3.84. The van der Waals surface area contributed by atoms with Gasteiger partial charge in [-0.25, -0.2) is 0 Å². The van der Waals surface area contributed by atoms with Gasteiger partial charge >= 0.3 is 0 Å². The fourth-order valence-electron chi connectivity index (χ4n) is 0.702. The van der Waals surface area contributed by atoms with Gasteiger partial charge in [0.05, 0.1) is 11.6 Å². The van der Waals surface area contributed by atoms with Crippen LogP contribution >= 0.6 is 27.3 Å². The van der Waals surface area contributed by atoms with Gasteiger partial charge in [-0.3, -0.25) is 0 Å². The molecule has 0 saturated carbocycles. The molecule has 0 bridgehead atoms. The van der Waals surface area contributed by atoms with Crippen molar-refractivity contribution in [2.24, 2.45) is 5.73 Å². The molecule has 0 radical (unpaired) electrons. The minimum atomic E-state index is 0.526. The number of rotatable bonds is 4. The Morgan fingerprint density at radius 2 is 2.42 bits per heavy atom. The fraction of sp³-hybridized carbons (Fsp3) is 0.429. The van der Waals surface area contributed by atoms with Gasteiger partial charge in [0.1, 0.15) is 6.61 Å². The molecule has 0 fully saturated rings. The van der Waals surface area contributed by atoms with Gasteiger partial charge < -0.3 is 15.2 Å². The van der Waals surface area contributed by atoms with Crippen molar-refractivity contribution in [2.45, 2.75) is 0 Å². The summed E-state index contributed by atoms with van der Waals surface area (Å²) in [6.45, 7) is 1.06. The summed E-state index contributed by atoms with van der Waals surface area (Å²) < 4.78 is 11.3. The molecule has 3 nitrogen and oxygen atoms in total. The van der Waals surface area contributed by atoms with Crippen LogP contribution in [-0.2, 0) is 0 Å². The van der Waals surface area contributed by atoms with E-state index in [2.05, 4.69) is 15.9 Å². The van der Waals surface area contributed by atoms with Crippen LogP contribution in [0.4, 0.5) is 0 Å². The topological polar surface area (TPSA) is 44.5 Å². The van der Waals surface area contributed by atoms with Crippen LogP contribution in [0.15, 0.2) is 10.5 Å². The van der Waals surface area contributed by atoms with E-state index in [1.165, 1.54) is 11.3 Å². The number of halogens is 1. The first-order chi connectivity index (χ1) is 5.77. The second-order valence-electron chi connectivity index (χ2n) is 2.04. The first-order valence-corrected chi connectivity index (χ1v) is 5.05. The normalized spacial score (nSPS) is 9.92. The molecule has 0 aliphatic carbocycles. The Balaban J connectivity index is 2.62. The van der Waals surface area contributed by atoms with E-state index in [4.69, 9.17) is 15.2 Å². The van der Waals surface area contributed by atoms with Gasteiger partial charge in [0.15, 0.2) is 10.1 Å². The highest BCUT2D eigenvalue weighted by molar-refractivity contribution is 9.10. The van der Waals surface area contributed by atoms with E-state index in [0.29, 0.717) is 13.2 Å². The van der Waals surface area contributed by atoms with Crippen molar-refractivity contribution >= 4 is 27.3 Å². The molecule has 2 N–H and O–H groups in total. The highest BCUT2D eigenvalue weighted by Crippen LogP contribution is 2.39. The van der Waals surface area contributed by atoms with Crippen molar-refractivity contribution in [2.75, 3.05) is 20.3 Å². The van der Waals surface area contributed by atoms with Crippen LogP contribution in [0.1, 0.15) is 0 Å². The number of ether oxygens (including phenoxy) is 2. The van der Waals surface area contributed by atoms with Crippen molar-refractivity contribution in [1.29, 1.82) is 0 Å². The van der Waals surface area contributed by atoms with Crippen LogP contribution in [0, 0.1) is 0 Å². The molecule has 1 rings (SSSR count). The molecule has 12 heavy (non-hydrogen) atoms. The van der Waals surface area contributed by atoms with Gasteiger partial charge in [-0.2, -0.15) is 0 Å². The van der Waals surface area contributed by atoms with Crippen molar-refractivity contribution in [3.63, 3.8) is 0 Å². The lowest BCUT2D eigenvalue weighted by Crippen LogP contribution is -2.09. The lowest BCUT2D eigenvalue weighted by Gasteiger charge is -1.97. The lowest BCUT2D eigenvalue weighted by atomic mass is 10.6. The molecule has 5 heteroatoms. The number of nitrogens with two attached hydrogens (primary N) is 1. The van der Waals surface area contributed by atoms with Crippen LogP contribution < -0.4 is 15.2 Å². The zero-order valence-corrected chi connectivity index (χ0v) is 9.07. The molecular formula is C7H10BrNO2S. The quantitative estimate of drug-likeness (QED) is 0.889. The Morgan fingerprint density at radius 3 is 2.92 bits per heavy atom. The molecule has 0 aliphatic heterocycles. The zero-order chi connectivity index (χ0) is 8.97. The fourth-order valence-corrected chi connectivity index (χ4v) is 2.21. The van der Waals surface area contributed by atoms with Gasteiger partial charge in [0.2, 0.25) is 0 Å². The minimum Gasteiger partial charge on any atom is -0.486 e. The Morgan fingerprint density at radius 1 is 1.67 bits per heavy atom. The smallest absolute Gasteiger partial charge is 0.191 e. The number of hydrogen-bond donors (Lipinski definition) is 1. The molecule has 0 aliphatic rings. The van der Waals surface area contributed by atoms with Crippen LogP contribution in [0.2, 0.25) is 0 Å².